The summed E-state index contributed by atoms with van der Waals surface area (Å²) in [6.07, 6.45) is 2.04. The molecule has 3 aromatic rings. The number of likely N-dealkylation sites (tertiary alicyclic amines) is 1. The van der Waals surface area contributed by atoms with Crippen molar-refractivity contribution in [3.8, 4) is 0 Å². The molecule has 7 heteroatoms. The number of halogens is 1. The minimum absolute atomic E-state index is 0.0455. The smallest absolute Gasteiger partial charge is 0.258 e. The SMILES string of the molecule is CCN1CCC2(CCN(C(=O)c3ccc(NC(=O)c4ccccc4F)cc3)c3ccccc3C2)C1=O. The third-order valence-electron chi connectivity index (χ3n) is 7.36. The lowest BCUT2D eigenvalue weighted by molar-refractivity contribution is -0.136. The summed E-state index contributed by atoms with van der Waals surface area (Å²) in [4.78, 5) is 42.9. The van der Waals surface area contributed by atoms with Crippen molar-refractivity contribution in [3.63, 3.8) is 0 Å². The molecule has 1 unspecified atom stereocenters. The van der Waals surface area contributed by atoms with E-state index in [1.54, 1.807) is 35.2 Å². The topological polar surface area (TPSA) is 69.7 Å². The largest absolute Gasteiger partial charge is 0.342 e. The summed E-state index contributed by atoms with van der Waals surface area (Å²) in [5, 5.41) is 2.67. The molecule has 1 atom stereocenters. The van der Waals surface area contributed by atoms with E-state index in [2.05, 4.69) is 5.32 Å². The van der Waals surface area contributed by atoms with Crippen LogP contribution >= 0.6 is 0 Å². The zero-order valence-electron chi connectivity index (χ0n) is 20.2. The quantitative estimate of drug-likeness (QED) is 0.571. The van der Waals surface area contributed by atoms with Gasteiger partial charge in [0.15, 0.2) is 0 Å². The third-order valence-corrected chi connectivity index (χ3v) is 7.36. The molecule has 1 saturated heterocycles. The van der Waals surface area contributed by atoms with Crippen molar-refractivity contribution in [2.45, 2.75) is 26.2 Å². The van der Waals surface area contributed by atoms with Crippen LogP contribution in [0.1, 0.15) is 46.0 Å². The van der Waals surface area contributed by atoms with Crippen molar-refractivity contribution in [1.29, 1.82) is 0 Å². The summed E-state index contributed by atoms with van der Waals surface area (Å²) in [6.45, 7) is 3.90. The normalized spacial score (nSPS) is 19.2. The summed E-state index contributed by atoms with van der Waals surface area (Å²) in [6, 6.07) is 20.2. The highest BCUT2D eigenvalue weighted by Crippen LogP contribution is 2.43. The number of amides is 3. The molecule has 3 amide bonds. The summed E-state index contributed by atoms with van der Waals surface area (Å²) in [5.74, 6) is -1.13. The Balaban J connectivity index is 1.36. The van der Waals surface area contributed by atoms with Gasteiger partial charge in [0.2, 0.25) is 5.91 Å². The molecule has 2 aliphatic rings. The highest BCUT2D eigenvalue weighted by atomic mass is 19.1. The molecule has 0 aromatic heterocycles. The first-order valence-electron chi connectivity index (χ1n) is 12.3. The minimum Gasteiger partial charge on any atom is -0.342 e. The zero-order valence-corrected chi connectivity index (χ0v) is 20.2. The lowest BCUT2D eigenvalue weighted by Gasteiger charge is -2.26. The predicted octanol–water partition coefficient (Wildman–Crippen LogP) is 4.91. The fourth-order valence-electron chi connectivity index (χ4n) is 5.32. The van der Waals surface area contributed by atoms with E-state index in [1.807, 2.05) is 36.1 Å². The lowest BCUT2D eigenvalue weighted by Crippen LogP contribution is -2.38. The number of carbonyl (C=O) groups excluding carboxylic acids is 3. The highest BCUT2D eigenvalue weighted by Gasteiger charge is 2.48. The van der Waals surface area contributed by atoms with Crippen LogP contribution in [0, 0.1) is 11.2 Å². The van der Waals surface area contributed by atoms with Crippen LogP contribution < -0.4 is 10.2 Å². The van der Waals surface area contributed by atoms with E-state index in [0.717, 1.165) is 24.2 Å². The molecule has 6 nitrogen and oxygen atoms in total. The number of anilines is 2. The standard InChI is InChI=1S/C29H28FN3O3/c1-2-32-17-15-29(28(32)36)16-18-33(25-10-6-3-7-21(25)19-29)27(35)20-11-13-22(14-12-20)31-26(34)23-8-4-5-9-24(23)30/h3-14H,2,15-19H2,1H3,(H,31,34). The molecule has 2 heterocycles. The van der Waals surface area contributed by atoms with Gasteiger partial charge in [-0.2, -0.15) is 0 Å². The van der Waals surface area contributed by atoms with Crippen LogP contribution in [-0.4, -0.2) is 42.3 Å². The maximum absolute atomic E-state index is 13.9. The lowest BCUT2D eigenvalue weighted by atomic mass is 9.78. The fraction of sp³-hybridized carbons (Fsp3) is 0.276. The summed E-state index contributed by atoms with van der Waals surface area (Å²) in [7, 11) is 0. The molecule has 0 saturated carbocycles. The Morgan fingerprint density at radius 3 is 2.36 bits per heavy atom. The predicted molar refractivity (Wildman–Crippen MR) is 137 cm³/mol. The average molecular weight is 486 g/mol. The fourth-order valence-corrected chi connectivity index (χ4v) is 5.32. The van der Waals surface area contributed by atoms with Gasteiger partial charge in [-0.25, -0.2) is 4.39 Å². The maximum Gasteiger partial charge on any atom is 0.258 e. The van der Waals surface area contributed by atoms with Gasteiger partial charge in [0, 0.05) is 36.6 Å². The van der Waals surface area contributed by atoms with Crippen molar-refractivity contribution in [1.82, 2.24) is 4.90 Å². The van der Waals surface area contributed by atoms with E-state index in [1.165, 1.54) is 18.2 Å². The molecule has 0 radical (unpaired) electrons. The number of para-hydroxylation sites is 1. The van der Waals surface area contributed by atoms with E-state index in [9.17, 15) is 18.8 Å². The number of fused-ring (bicyclic) bond motifs is 1. The number of nitrogens with zero attached hydrogens (tertiary/aromatic N) is 2. The van der Waals surface area contributed by atoms with Crippen molar-refractivity contribution in [2.24, 2.45) is 5.41 Å². The minimum atomic E-state index is -0.595. The first-order chi connectivity index (χ1) is 17.4. The van der Waals surface area contributed by atoms with E-state index in [-0.39, 0.29) is 17.4 Å². The van der Waals surface area contributed by atoms with E-state index in [4.69, 9.17) is 0 Å². The molecule has 1 N–H and O–H groups in total. The molecule has 2 aliphatic heterocycles. The van der Waals surface area contributed by atoms with Gasteiger partial charge in [-0.15, -0.1) is 0 Å². The van der Waals surface area contributed by atoms with Crippen LogP contribution in [0.5, 0.6) is 0 Å². The average Bonchev–Trinajstić information content (AvgIpc) is 3.09. The third kappa shape index (κ3) is 4.26. The second-order valence-corrected chi connectivity index (χ2v) is 9.44. The maximum atomic E-state index is 13.9. The zero-order chi connectivity index (χ0) is 25.3. The molecular weight excluding hydrogens is 457 g/mol. The number of rotatable bonds is 4. The molecular formula is C29H28FN3O3. The highest BCUT2D eigenvalue weighted by molar-refractivity contribution is 6.08. The van der Waals surface area contributed by atoms with Gasteiger partial charge < -0.3 is 15.1 Å². The second-order valence-electron chi connectivity index (χ2n) is 9.44. The number of nitrogens with one attached hydrogen (secondary N) is 1. The first kappa shape index (κ1) is 23.7. The van der Waals surface area contributed by atoms with Crippen molar-refractivity contribution >= 4 is 29.1 Å². The monoisotopic (exact) mass is 485 g/mol. The Labute approximate surface area is 209 Å². The Morgan fingerprint density at radius 2 is 1.64 bits per heavy atom. The number of hydrogen-bond acceptors (Lipinski definition) is 3. The Bertz CT molecular complexity index is 1320. The molecule has 0 bridgehead atoms. The number of benzene rings is 3. The molecule has 3 aromatic carbocycles. The van der Waals surface area contributed by atoms with Gasteiger partial charge in [0.05, 0.1) is 11.0 Å². The van der Waals surface area contributed by atoms with Crippen LogP contribution in [0.4, 0.5) is 15.8 Å². The Morgan fingerprint density at radius 1 is 0.944 bits per heavy atom. The van der Waals surface area contributed by atoms with Gasteiger partial charge in [0.1, 0.15) is 5.82 Å². The van der Waals surface area contributed by atoms with Crippen LogP contribution in [0.25, 0.3) is 0 Å². The van der Waals surface area contributed by atoms with Crippen molar-refractivity contribution in [2.75, 3.05) is 29.9 Å². The van der Waals surface area contributed by atoms with Gasteiger partial charge in [-0.05, 0) is 74.2 Å². The molecule has 1 spiro atoms. The van der Waals surface area contributed by atoms with E-state index >= 15 is 0 Å². The van der Waals surface area contributed by atoms with E-state index in [0.29, 0.717) is 37.2 Å². The van der Waals surface area contributed by atoms with Gasteiger partial charge in [0.25, 0.3) is 11.8 Å². The molecule has 184 valence electrons. The van der Waals surface area contributed by atoms with E-state index < -0.39 is 17.1 Å². The van der Waals surface area contributed by atoms with Gasteiger partial charge in [-0.1, -0.05) is 30.3 Å². The Kier molecular flexibility index (Phi) is 6.31. The van der Waals surface area contributed by atoms with Crippen LogP contribution in [-0.2, 0) is 11.2 Å². The Hall–Kier alpha value is -4.00. The summed E-state index contributed by atoms with van der Waals surface area (Å²) >= 11 is 0. The molecule has 1 fully saturated rings. The van der Waals surface area contributed by atoms with Crippen molar-refractivity contribution < 1.29 is 18.8 Å². The summed E-state index contributed by atoms with van der Waals surface area (Å²) in [5.41, 5.74) is 2.25. The van der Waals surface area contributed by atoms with Crippen molar-refractivity contribution in [3.05, 3.63) is 95.3 Å². The summed E-state index contributed by atoms with van der Waals surface area (Å²) < 4.78 is 13.9. The number of hydrogen-bond donors (Lipinski definition) is 1. The second kappa shape index (κ2) is 9.57. The van der Waals surface area contributed by atoms with Gasteiger partial charge in [-0.3, -0.25) is 14.4 Å². The van der Waals surface area contributed by atoms with Crippen LogP contribution in [0.15, 0.2) is 72.8 Å². The molecule has 36 heavy (non-hydrogen) atoms. The molecule has 0 aliphatic carbocycles. The first-order valence-corrected chi connectivity index (χ1v) is 12.3. The van der Waals surface area contributed by atoms with Crippen LogP contribution in [0.2, 0.25) is 0 Å². The molecule has 5 rings (SSSR count). The van der Waals surface area contributed by atoms with Crippen LogP contribution in [0.3, 0.4) is 0 Å². The number of carbonyl (C=O) groups is 3. The van der Waals surface area contributed by atoms with Gasteiger partial charge >= 0.3 is 0 Å².